The molecule has 46 heavy (non-hydrogen) atoms. The van der Waals surface area contributed by atoms with Gasteiger partial charge in [0.15, 0.2) is 25.9 Å². The smallest absolute Gasteiger partial charge is 0.326 e. The van der Waals surface area contributed by atoms with Crippen LogP contribution in [0.1, 0.15) is 17.0 Å². The molecule has 1 aliphatic heterocycles. The normalized spacial score (nSPS) is 18.8. The van der Waals surface area contributed by atoms with Gasteiger partial charge in [-0.2, -0.15) is 0 Å². The van der Waals surface area contributed by atoms with Gasteiger partial charge in [-0.25, -0.2) is 4.98 Å². The molecular weight excluding hydrogens is 612 g/mol. The number of hydrogen-bond acceptors (Lipinski definition) is 13. The first-order valence-electron chi connectivity index (χ1n) is 13.8. The van der Waals surface area contributed by atoms with E-state index in [4.69, 9.17) is 14.2 Å². The van der Waals surface area contributed by atoms with Crippen LogP contribution in [0.2, 0.25) is 0 Å². The van der Waals surface area contributed by atoms with Crippen molar-refractivity contribution < 1.29 is 57.3 Å². The van der Waals surface area contributed by atoms with Crippen molar-refractivity contribution >= 4 is 47.5 Å². The predicted octanol–water partition coefficient (Wildman–Crippen LogP) is -3.20. The number of benzene rings is 1. The van der Waals surface area contributed by atoms with Gasteiger partial charge in [0, 0.05) is 25.4 Å². The topological polar surface area (TPSA) is 239 Å². The van der Waals surface area contributed by atoms with Gasteiger partial charge in [-0.1, -0.05) is 24.3 Å². The summed E-state index contributed by atoms with van der Waals surface area (Å²) in [5, 5.41) is 8.66. The summed E-state index contributed by atoms with van der Waals surface area (Å²) in [5.41, 5.74) is 1.54. The lowest BCUT2D eigenvalue weighted by Gasteiger charge is -2.18. The van der Waals surface area contributed by atoms with E-state index in [0.717, 1.165) is 11.4 Å². The van der Waals surface area contributed by atoms with Crippen molar-refractivity contribution in [2.45, 2.75) is 26.0 Å². The fraction of sp³-hybridized carbons (Fsp3) is 0.393. The number of hydrogen-bond donors (Lipinski definition) is 4. The van der Waals surface area contributed by atoms with Gasteiger partial charge in [0.2, 0.25) is 0 Å². The lowest BCUT2D eigenvalue weighted by Crippen LogP contribution is -2.44. The maximum absolute atomic E-state index is 12.9. The minimum atomic E-state index is -1.44. The van der Waals surface area contributed by atoms with Crippen molar-refractivity contribution in [2.75, 3.05) is 46.0 Å². The highest BCUT2D eigenvalue weighted by molar-refractivity contribution is 5.90. The predicted molar refractivity (Wildman–Crippen MR) is 151 cm³/mol. The number of cyclic esters (lactones) is 4. The molecule has 0 spiro atoms. The second-order valence-electron chi connectivity index (χ2n) is 9.63. The first-order valence-corrected chi connectivity index (χ1v) is 13.8. The van der Waals surface area contributed by atoms with Crippen molar-refractivity contribution in [3.8, 4) is 0 Å². The summed E-state index contributed by atoms with van der Waals surface area (Å²) in [6, 6.07) is 7.11. The fourth-order valence-corrected chi connectivity index (χ4v) is 3.68. The SMILES string of the molecule is Cc1nccn1Cc1ccc(CC2OC(=O)CNC(=O)COC(=O)CNC(=O)COC(=O)CNC(=O)COC(=O)CNC2=O)cc1. The van der Waals surface area contributed by atoms with Crippen LogP contribution in [0.5, 0.6) is 0 Å². The minimum Gasteiger partial charge on any atom is -0.454 e. The first-order chi connectivity index (χ1) is 22.0. The van der Waals surface area contributed by atoms with E-state index in [-0.39, 0.29) is 6.42 Å². The molecule has 1 aromatic heterocycles. The van der Waals surface area contributed by atoms with Gasteiger partial charge < -0.3 is 44.8 Å². The van der Waals surface area contributed by atoms with Crippen LogP contribution >= 0.6 is 0 Å². The van der Waals surface area contributed by atoms with Crippen LogP contribution in [0, 0.1) is 6.92 Å². The molecule has 2 heterocycles. The van der Waals surface area contributed by atoms with E-state index in [1.54, 1.807) is 18.3 Å². The molecule has 1 atom stereocenters. The second-order valence-corrected chi connectivity index (χ2v) is 9.63. The lowest BCUT2D eigenvalue weighted by molar-refractivity contribution is -0.157. The molecule has 246 valence electrons. The van der Waals surface area contributed by atoms with Crippen molar-refractivity contribution in [3.05, 3.63) is 53.6 Å². The Labute approximate surface area is 261 Å². The number of amides is 4. The number of aromatic nitrogens is 2. The standard InChI is InChI=1S/C28H32N6O12/c1-17-29-6-7-34(17)13-19-4-2-18(3-5-19)8-20-28(42)33-11-26(40)45-15-22(36)31-9-24(38)43-14-21(35)30-10-25(39)44-16-23(37)32-12-27(41)46-20/h2-7,20H,8-16H2,1H3,(H,30,35)(H,31,36)(H,32,37)(H,33,42). The number of carbonyl (C=O) groups is 8. The quantitative estimate of drug-likeness (QED) is 0.190. The zero-order chi connectivity index (χ0) is 33.5. The molecule has 4 amide bonds. The molecule has 1 aromatic carbocycles. The van der Waals surface area contributed by atoms with Gasteiger partial charge in [0.05, 0.1) is 0 Å². The van der Waals surface area contributed by atoms with Gasteiger partial charge in [-0.3, -0.25) is 38.4 Å². The van der Waals surface area contributed by atoms with Gasteiger partial charge in [-0.05, 0) is 18.1 Å². The van der Waals surface area contributed by atoms with Crippen LogP contribution in [0.3, 0.4) is 0 Å². The van der Waals surface area contributed by atoms with E-state index in [0.29, 0.717) is 12.1 Å². The summed E-state index contributed by atoms with van der Waals surface area (Å²) >= 11 is 0. The van der Waals surface area contributed by atoms with Gasteiger partial charge in [0.1, 0.15) is 32.0 Å². The summed E-state index contributed by atoms with van der Waals surface area (Å²) in [6.07, 6.45) is 1.97. The molecule has 1 aliphatic rings. The Balaban J connectivity index is 1.65. The van der Waals surface area contributed by atoms with Crippen molar-refractivity contribution in [1.82, 2.24) is 30.8 Å². The van der Waals surface area contributed by atoms with Gasteiger partial charge in [-0.15, -0.1) is 0 Å². The molecule has 2 aromatic rings. The summed E-state index contributed by atoms with van der Waals surface area (Å²) in [6.45, 7) is -2.65. The monoisotopic (exact) mass is 644 g/mol. The molecule has 1 saturated heterocycles. The molecule has 1 unspecified atom stereocenters. The van der Waals surface area contributed by atoms with Crippen LogP contribution in [-0.4, -0.2) is 109 Å². The van der Waals surface area contributed by atoms with Crippen molar-refractivity contribution in [1.29, 1.82) is 0 Å². The number of nitrogens with zero attached hydrogens (tertiary/aromatic N) is 2. The Hall–Kier alpha value is -5.81. The Kier molecular flexibility index (Phi) is 13.2. The highest BCUT2D eigenvalue weighted by Gasteiger charge is 2.25. The highest BCUT2D eigenvalue weighted by atomic mass is 16.6. The maximum Gasteiger partial charge on any atom is 0.326 e. The number of carbonyl (C=O) groups excluding carboxylic acids is 8. The van der Waals surface area contributed by atoms with E-state index in [1.807, 2.05) is 29.8 Å². The summed E-state index contributed by atoms with van der Waals surface area (Å²) in [4.78, 5) is 101. The summed E-state index contributed by atoms with van der Waals surface area (Å²) in [5.74, 6) is -6.69. The summed E-state index contributed by atoms with van der Waals surface area (Å²) in [7, 11) is 0. The van der Waals surface area contributed by atoms with Crippen molar-refractivity contribution in [3.63, 3.8) is 0 Å². The number of esters is 4. The first kappa shape index (κ1) is 34.7. The Morgan fingerprint density at radius 2 is 1.13 bits per heavy atom. The summed E-state index contributed by atoms with van der Waals surface area (Å²) < 4.78 is 21.3. The third kappa shape index (κ3) is 12.4. The van der Waals surface area contributed by atoms with E-state index < -0.39 is 99.6 Å². The Morgan fingerprint density at radius 3 is 1.61 bits per heavy atom. The molecule has 4 N–H and O–H groups in total. The number of rotatable bonds is 4. The molecule has 1 fully saturated rings. The zero-order valence-electron chi connectivity index (χ0n) is 24.7. The van der Waals surface area contributed by atoms with E-state index in [9.17, 15) is 38.4 Å². The second kappa shape index (κ2) is 17.5. The number of imidazole rings is 1. The molecule has 0 radical (unpaired) electrons. The average molecular weight is 645 g/mol. The van der Waals surface area contributed by atoms with Crippen LogP contribution < -0.4 is 21.3 Å². The van der Waals surface area contributed by atoms with E-state index in [2.05, 4.69) is 31.0 Å². The third-order valence-electron chi connectivity index (χ3n) is 6.08. The van der Waals surface area contributed by atoms with Crippen LogP contribution in [-0.2, 0) is 70.3 Å². The molecule has 0 saturated carbocycles. The molecule has 0 aliphatic carbocycles. The molecule has 18 nitrogen and oxygen atoms in total. The average Bonchev–Trinajstić information content (AvgIpc) is 3.44. The van der Waals surface area contributed by atoms with Gasteiger partial charge >= 0.3 is 23.9 Å². The van der Waals surface area contributed by atoms with Crippen molar-refractivity contribution in [2.24, 2.45) is 0 Å². The number of aryl methyl sites for hydroxylation is 1. The molecule has 0 bridgehead atoms. The van der Waals surface area contributed by atoms with E-state index >= 15 is 0 Å². The molecular formula is C28H32N6O12. The van der Waals surface area contributed by atoms with Gasteiger partial charge in [0.25, 0.3) is 23.6 Å². The molecule has 18 heteroatoms. The Morgan fingerprint density at radius 1 is 0.674 bits per heavy atom. The third-order valence-corrected chi connectivity index (χ3v) is 6.08. The van der Waals surface area contributed by atoms with E-state index in [1.165, 1.54) is 0 Å². The minimum absolute atomic E-state index is 0.104. The molecule has 3 rings (SSSR count). The number of ether oxygens (including phenoxy) is 4. The largest absolute Gasteiger partial charge is 0.454 e. The van der Waals surface area contributed by atoms with Crippen LogP contribution in [0.15, 0.2) is 36.7 Å². The maximum atomic E-state index is 12.9. The fourth-order valence-electron chi connectivity index (χ4n) is 3.68. The number of nitrogens with one attached hydrogen (secondary N) is 4. The lowest BCUT2D eigenvalue weighted by atomic mass is 10.0. The Bertz CT molecular complexity index is 1450. The van der Waals surface area contributed by atoms with Crippen LogP contribution in [0.4, 0.5) is 0 Å². The zero-order valence-corrected chi connectivity index (χ0v) is 24.7. The van der Waals surface area contributed by atoms with Crippen LogP contribution in [0.25, 0.3) is 0 Å². The highest BCUT2D eigenvalue weighted by Crippen LogP contribution is 2.12.